The molecule has 2 aliphatic rings. The molecule has 208 valence electrons. The lowest BCUT2D eigenvalue weighted by Gasteiger charge is -2.38. The van der Waals surface area contributed by atoms with Crippen LogP contribution in [-0.2, 0) is 0 Å². The quantitative estimate of drug-likeness (QED) is 0.197. The topological polar surface area (TPSA) is 45.9 Å². The fourth-order valence-corrected chi connectivity index (χ4v) is 7.00. The monoisotopic (exact) mass is 508 g/mol. The Labute approximate surface area is 229 Å². The predicted octanol–water partition coefficient (Wildman–Crippen LogP) is 10.5. The van der Waals surface area contributed by atoms with Crippen LogP contribution in [0.25, 0.3) is 0 Å². The molecule has 3 nitrogen and oxygen atoms in total. The van der Waals surface area contributed by atoms with Crippen LogP contribution in [0.4, 0.5) is 0 Å². The van der Waals surface area contributed by atoms with Crippen molar-refractivity contribution in [3.05, 3.63) is 23.5 Å². The Bertz CT molecular complexity index is 769. The van der Waals surface area contributed by atoms with Crippen LogP contribution in [0.3, 0.4) is 0 Å². The van der Waals surface area contributed by atoms with Crippen molar-refractivity contribution in [3.63, 3.8) is 0 Å². The van der Waals surface area contributed by atoms with Crippen molar-refractivity contribution < 1.29 is 4.74 Å². The van der Waals surface area contributed by atoms with Crippen LogP contribution in [0.2, 0.25) is 0 Å². The third-order valence-electron chi connectivity index (χ3n) is 9.46. The minimum atomic E-state index is 0.482. The number of hydrogen-bond acceptors (Lipinski definition) is 3. The first kappa shape index (κ1) is 30.0. The zero-order valence-electron chi connectivity index (χ0n) is 24.3. The molecule has 37 heavy (non-hydrogen) atoms. The molecule has 1 aromatic rings. The SMILES string of the molecule is CCCCCCCCCOc1ccc(C2CCC(C3CCC(CCCCCCC)CC3)CC2)nc1C#N. The van der Waals surface area contributed by atoms with Crippen molar-refractivity contribution in [2.45, 2.75) is 155 Å². The predicted molar refractivity (Wildman–Crippen MR) is 156 cm³/mol. The molecule has 0 bridgehead atoms. The molecule has 2 saturated carbocycles. The third-order valence-corrected chi connectivity index (χ3v) is 9.46. The Morgan fingerprint density at radius 3 is 1.92 bits per heavy atom. The van der Waals surface area contributed by atoms with Gasteiger partial charge in [0.2, 0.25) is 0 Å². The minimum Gasteiger partial charge on any atom is -0.491 e. The first-order valence-corrected chi connectivity index (χ1v) is 16.3. The Morgan fingerprint density at radius 2 is 1.30 bits per heavy atom. The number of nitrogens with zero attached hydrogens (tertiary/aromatic N) is 2. The fraction of sp³-hybridized carbons (Fsp3) is 0.824. The molecule has 0 spiro atoms. The van der Waals surface area contributed by atoms with Gasteiger partial charge in [-0.15, -0.1) is 0 Å². The summed E-state index contributed by atoms with van der Waals surface area (Å²) >= 11 is 0. The molecule has 0 aliphatic heterocycles. The van der Waals surface area contributed by atoms with E-state index in [4.69, 9.17) is 9.72 Å². The summed E-state index contributed by atoms with van der Waals surface area (Å²) in [5, 5.41) is 9.70. The van der Waals surface area contributed by atoms with E-state index in [9.17, 15) is 5.26 Å². The second-order valence-corrected chi connectivity index (χ2v) is 12.3. The van der Waals surface area contributed by atoms with E-state index in [0.29, 0.717) is 24.0 Å². The maximum atomic E-state index is 9.70. The van der Waals surface area contributed by atoms with Crippen LogP contribution in [0.1, 0.15) is 166 Å². The van der Waals surface area contributed by atoms with Crippen molar-refractivity contribution >= 4 is 0 Å². The summed E-state index contributed by atoms with van der Waals surface area (Å²) in [6.07, 6.45) is 28.5. The number of nitriles is 1. The number of hydrogen-bond donors (Lipinski definition) is 0. The van der Waals surface area contributed by atoms with E-state index >= 15 is 0 Å². The van der Waals surface area contributed by atoms with Gasteiger partial charge in [0.1, 0.15) is 6.07 Å². The molecule has 0 amide bonds. The average Bonchev–Trinajstić information content (AvgIpc) is 2.95. The Hall–Kier alpha value is -1.56. The molecule has 0 aromatic carbocycles. The molecule has 3 rings (SSSR count). The standard InChI is InChI=1S/C34H56N2O/c1-3-5-7-9-10-12-14-26-37-34-25-24-32(36-33(34)27-35)31-22-20-30(21-23-31)29-18-16-28(17-19-29)15-13-11-8-6-4-2/h24-25,28-31H,3-23,26H2,1-2H3. The molecule has 0 N–H and O–H groups in total. The van der Waals surface area contributed by atoms with Gasteiger partial charge in [-0.25, -0.2) is 4.98 Å². The van der Waals surface area contributed by atoms with Crippen molar-refractivity contribution in [2.24, 2.45) is 17.8 Å². The fourth-order valence-electron chi connectivity index (χ4n) is 7.00. The van der Waals surface area contributed by atoms with Crippen molar-refractivity contribution in [2.75, 3.05) is 6.61 Å². The van der Waals surface area contributed by atoms with Crippen molar-refractivity contribution in [1.82, 2.24) is 4.98 Å². The van der Waals surface area contributed by atoms with Gasteiger partial charge in [-0.3, -0.25) is 0 Å². The molecule has 1 aromatic heterocycles. The lowest BCUT2D eigenvalue weighted by atomic mass is 9.68. The molecule has 2 aliphatic carbocycles. The molecule has 0 saturated heterocycles. The lowest BCUT2D eigenvalue weighted by molar-refractivity contribution is 0.155. The molecular formula is C34H56N2O. The summed E-state index contributed by atoms with van der Waals surface area (Å²) in [5.41, 5.74) is 1.60. The average molecular weight is 509 g/mol. The van der Waals surface area contributed by atoms with Crippen LogP contribution >= 0.6 is 0 Å². The highest BCUT2D eigenvalue weighted by atomic mass is 16.5. The van der Waals surface area contributed by atoms with E-state index in [-0.39, 0.29) is 0 Å². The normalized spacial score (nSPS) is 24.0. The zero-order valence-corrected chi connectivity index (χ0v) is 24.3. The highest BCUT2D eigenvalue weighted by molar-refractivity contribution is 5.39. The second-order valence-electron chi connectivity index (χ2n) is 12.3. The Morgan fingerprint density at radius 1 is 0.730 bits per heavy atom. The van der Waals surface area contributed by atoms with E-state index in [0.717, 1.165) is 29.9 Å². The number of ether oxygens (including phenoxy) is 1. The van der Waals surface area contributed by atoms with Crippen LogP contribution in [-0.4, -0.2) is 11.6 Å². The highest BCUT2D eigenvalue weighted by Crippen LogP contribution is 2.44. The van der Waals surface area contributed by atoms with E-state index in [1.807, 2.05) is 6.07 Å². The third kappa shape index (κ3) is 10.6. The van der Waals surface area contributed by atoms with E-state index in [1.54, 1.807) is 0 Å². The summed E-state index contributed by atoms with van der Waals surface area (Å²) in [6.45, 7) is 5.25. The van der Waals surface area contributed by atoms with E-state index < -0.39 is 0 Å². The van der Waals surface area contributed by atoms with Gasteiger partial charge in [-0.05, 0) is 74.8 Å². The van der Waals surface area contributed by atoms with Crippen LogP contribution in [0.5, 0.6) is 5.75 Å². The maximum Gasteiger partial charge on any atom is 0.182 e. The summed E-state index contributed by atoms with van der Waals surface area (Å²) in [5.74, 6) is 4.08. The van der Waals surface area contributed by atoms with Gasteiger partial charge in [0.15, 0.2) is 11.4 Å². The number of rotatable bonds is 17. The van der Waals surface area contributed by atoms with Gasteiger partial charge in [-0.1, -0.05) is 104 Å². The van der Waals surface area contributed by atoms with Gasteiger partial charge >= 0.3 is 0 Å². The first-order valence-electron chi connectivity index (χ1n) is 16.3. The lowest BCUT2D eigenvalue weighted by Crippen LogP contribution is -2.25. The van der Waals surface area contributed by atoms with Gasteiger partial charge in [-0.2, -0.15) is 5.26 Å². The first-order chi connectivity index (χ1) is 18.2. The summed E-state index contributed by atoms with van der Waals surface area (Å²) in [6, 6.07) is 6.45. The molecular weight excluding hydrogens is 452 g/mol. The number of aromatic nitrogens is 1. The largest absolute Gasteiger partial charge is 0.491 e. The van der Waals surface area contributed by atoms with Gasteiger partial charge in [0.05, 0.1) is 6.61 Å². The Kier molecular flexibility index (Phi) is 14.5. The van der Waals surface area contributed by atoms with Crippen LogP contribution < -0.4 is 4.74 Å². The van der Waals surface area contributed by atoms with Crippen LogP contribution in [0.15, 0.2) is 12.1 Å². The molecule has 0 atom stereocenters. The minimum absolute atomic E-state index is 0.482. The number of unbranched alkanes of at least 4 members (excludes halogenated alkanes) is 10. The van der Waals surface area contributed by atoms with Gasteiger partial charge < -0.3 is 4.74 Å². The highest BCUT2D eigenvalue weighted by Gasteiger charge is 2.31. The smallest absolute Gasteiger partial charge is 0.182 e. The molecule has 3 heteroatoms. The second kappa shape index (κ2) is 17.9. The van der Waals surface area contributed by atoms with E-state index in [2.05, 4.69) is 26.0 Å². The van der Waals surface area contributed by atoms with Crippen LogP contribution in [0, 0.1) is 29.1 Å². The summed E-state index contributed by atoms with van der Waals surface area (Å²) in [4.78, 5) is 4.77. The summed E-state index contributed by atoms with van der Waals surface area (Å²) < 4.78 is 5.96. The maximum absolute atomic E-state index is 9.70. The van der Waals surface area contributed by atoms with Crippen molar-refractivity contribution in [3.8, 4) is 11.8 Å². The van der Waals surface area contributed by atoms with Crippen molar-refractivity contribution in [1.29, 1.82) is 5.26 Å². The number of pyridine rings is 1. The van der Waals surface area contributed by atoms with Gasteiger partial charge in [0.25, 0.3) is 0 Å². The van der Waals surface area contributed by atoms with E-state index in [1.165, 1.54) is 128 Å². The molecule has 1 heterocycles. The Balaban J connectivity index is 1.34. The molecule has 2 fully saturated rings. The molecule has 0 radical (unpaired) electrons. The zero-order chi connectivity index (χ0) is 26.1. The molecule has 0 unspecified atom stereocenters. The van der Waals surface area contributed by atoms with Gasteiger partial charge in [0, 0.05) is 11.6 Å². The summed E-state index contributed by atoms with van der Waals surface area (Å²) in [7, 11) is 0.